The van der Waals surface area contributed by atoms with Crippen LogP contribution in [-0.4, -0.2) is 18.0 Å². The van der Waals surface area contributed by atoms with Crippen LogP contribution in [0.15, 0.2) is 54.6 Å². The van der Waals surface area contributed by atoms with E-state index in [4.69, 9.17) is 5.73 Å². The first-order chi connectivity index (χ1) is 9.72. The topological polar surface area (TPSA) is 29.3 Å². The van der Waals surface area contributed by atoms with Crippen LogP contribution in [0.3, 0.4) is 0 Å². The summed E-state index contributed by atoms with van der Waals surface area (Å²) in [6.45, 7) is 4.10. The molecule has 106 valence electrons. The van der Waals surface area contributed by atoms with Gasteiger partial charge in [0.15, 0.2) is 0 Å². The van der Waals surface area contributed by atoms with E-state index < -0.39 is 0 Å². The molecule has 0 heterocycles. The van der Waals surface area contributed by atoms with Gasteiger partial charge in [0.1, 0.15) is 5.82 Å². The van der Waals surface area contributed by atoms with Gasteiger partial charge in [-0.05, 0) is 18.6 Å². The lowest BCUT2D eigenvalue weighted by Crippen LogP contribution is -2.32. The lowest BCUT2D eigenvalue weighted by Gasteiger charge is -2.29. The fourth-order valence-electron chi connectivity index (χ4n) is 2.40. The van der Waals surface area contributed by atoms with Crippen molar-refractivity contribution in [2.24, 2.45) is 5.73 Å². The van der Waals surface area contributed by atoms with Crippen molar-refractivity contribution >= 4 is 0 Å². The van der Waals surface area contributed by atoms with E-state index in [1.54, 1.807) is 6.07 Å². The summed E-state index contributed by atoms with van der Waals surface area (Å²) in [5.41, 5.74) is 7.63. The molecule has 3 heteroatoms. The Morgan fingerprint density at radius 1 is 1.05 bits per heavy atom. The molecular formula is C17H21FN2. The van der Waals surface area contributed by atoms with Crippen LogP contribution in [0.1, 0.15) is 24.1 Å². The summed E-state index contributed by atoms with van der Waals surface area (Å²) in [5, 5.41) is 0. The molecule has 0 fully saturated rings. The third-order valence-corrected chi connectivity index (χ3v) is 3.55. The molecule has 0 amide bonds. The second-order valence-electron chi connectivity index (χ2n) is 4.94. The number of halogens is 1. The van der Waals surface area contributed by atoms with Crippen molar-refractivity contribution < 1.29 is 4.39 Å². The molecule has 0 aliphatic heterocycles. The number of hydrogen-bond donors (Lipinski definition) is 1. The number of nitrogens with two attached hydrogens (primary N) is 1. The molecule has 1 unspecified atom stereocenters. The van der Waals surface area contributed by atoms with Gasteiger partial charge in [-0.3, -0.25) is 4.90 Å². The second-order valence-corrected chi connectivity index (χ2v) is 4.94. The monoisotopic (exact) mass is 272 g/mol. The molecule has 1 atom stereocenters. The van der Waals surface area contributed by atoms with Gasteiger partial charge < -0.3 is 5.73 Å². The van der Waals surface area contributed by atoms with E-state index in [0.29, 0.717) is 6.54 Å². The second kappa shape index (κ2) is 7.17. The number of hydrogen-bond acceptors (Lipinski definition) is 2. The summed E-state index contributed by atoms with van der Waals surface area (Å²) < 4.78 is 13.9. The standard InChI is InChI=1S/C17H21FN2/c1-14(16-9-5-6-10-17(16)18)20(12-11-19)13-15-7-3-2-4-8-15/h2-10,14H,11-13,19H2,1H3. The van der Waals surface area contributed by atoms with Gasteiger partial charge in [-0.25, -0.2) is 4.39 Å². The molecular weight excluding hydrogens is 251 g/mol. The minimum atomic E-state index is -0.157. The van der Waals surface area contributed by atoms with Gasteiger partial charge in [-0.15, -0.1) is 0 Å². The van der Waals surface area contributed by atoms with Crippen molar-refractivity contribution in [2.75, 3.05) is 13.1 Å². The Morgan fingerprint density at radius 3 is 2.35 bits per heavy atom. The Hall–Kier alpha value is -1.71. The molecule has 2 N–H and O–H groups in total. The van der Waals surface area contributed by atoms with Crippen molar-refractivity contribution in [3.8, 4) is 0 Å². The average molecular weight is 272 g/mol. The number of benzene rings is 2. The summed E-state index contributed by atoms with van der Waals surface area (Å²) in [5.74, 6) is -0.157. The van der Waals surface area contributed by atoms with E-state index in [2.05, 4.69) is 17.0 Å². The molecule has 0 saturated carbocycles. The lowest BCUT2D eigenvalue weighted by molar-refractivity contribution is 0.203. The summed E-state index contributed by atoms with van der Waals surface area (Å²) >= 11 is 0. The molecule has 0 aliphatic rings. The zero-order chi connectivity index (χ0) is 14.4. The SMILES string of the molecule is CC(c1ccccc1F)N(CCN)Cc1ccccc1. The van der Waals surface area contributed by atoms with Gasteiger partial charge in [-0.2, -0.15) is 0 Å². The summed E-state index contributed by atoms with van der Waals surface area (Å²) in [7, 11) is 0. The maximum Gasteiger partial charge on any atom is 0.127 e. The fraction of sp³-hybridized carbons (Fsp3) is 0.294. The predicted octanol–water partition coefficient (Wildman–Crippen LogP) is 3.35. The molecule has 0 saturated heterocycles. The highest BCUT2D eigenvalue weighted by atomic mass is 19.1. The first kappa shape index (κ1) is 14.7. The normalized spacial score (nSPS) is 12.6. The van der Waals surface area contributed by atoms with E-state index >= 15 is 0 Å². The molecule has 0 aromatic heterocycles. The van der Waals surface area contributed by atoms with E-state index in [-0.39, 0.29) is 11.9 Å². The Labute approximate surface area is 120 Å². The summed E-state index contributed by atoms with van der Waals surface area (Å²) in [6, 6.07) is 17.1. The molecule has 0 bridgehead atoms. The number of nitrogens with zero attached hydrogens (tertiary/aromatic N) is 1. The minimum absolute atomic E-state index is 0.0000406. The third kappa shape index (κ3) is 3.65. The van der Waals surface area contributed by atoms with Crippen LogP contribution in [0.5, 0.6) is 0 Å². The van der Waals surface area contributed by atoms with Gasteiger partial charge in [0, 0.05) is 31.2 Å². The molecule has 2 rings (SSSR count). The number of rotatable bonds is 6. The van der Waals surface area contributed by atoms with Gasteiger partial charge in [-0.1, -0.05) is 48.5 Å². The fourth-order valence-corrected chi connectivity index (χ4v) is 2.40. The van der Waals surface area contributed by atoms with Gasteiger partial charge in [0.25, 0.3) is 0 Å². The van der Waals surface area contributed by atoms with Crippen molar-refractivity contribution in [1.82, 2.24) is 4.90 Å². The van der Waals surface area contributed by atoms with Crippen molar-refractivity contribution in [3.05, 3.63) is 71.5 Å². The van der Waals surface area contributed by atoms with Crippen LogP contribution < -0.4 is 5.73 Å². The predicted molar refractivity (Wildman–Crippen MR) is 80.7 cm³/mol. The van der Waals surface area contributed by atoms with Crippen molar-refractivity contribution in [1.29, 1.82) is 0 Å². The smallest absolute Gasteiger partial charge is 0.127 e. The Bertz CT molecular complexity index is 528. The molecule has 20 heavy (non-hydrogen) atoms. The van der Waals surface area contributed by atoms with Crippen molar-refractivity contribution in [3.63, 3.8) is 0 Å². The van der Waals surface area contributed by atoms with E-state index in [0.717, 1.165) is 18.7 Å². The first-order valence-electron chi connectivity index (χ1n) is 6.95. The highest BCUT2D eigenvalue weighted by Crippen LogP contribution is 2.24. The maximum atomic E-state index is 13.9. The van der Waals surface area contributed by atoms with Crippen LogP contribution in [0.25, 0.3) is 0 Å². The maximum absolute atomic E-state index is 13.9. The van der Waals surface area contributed by atoms with Crippen LogP contribution >= 0.6 is 0 Å². The van der Waals surface area contributed by atoms with Gasteiger partial charge >= 0.3 is 0 Å². The quantitative estimate of drug-likeness (QED) is 0.874. The molecule has 0 spiro atoms. The summed E-state index contributed by atoms with van der Waals surface area (Å²) in [6.07, 6.45) is 0. The summed E-state index contributed by atoms with van der Waals surface area (Å²) in [4.78, 5) is 2.20. The highest BCUT2D eigenvalue weighted by molar-refractivity contribution is 5.21. The Balaban J connectivity index is 2.18. The zero-order valence-electron chi connectivity index (χ0n) is 11.8. The Morgan fingerprint density at radius 2 is 1.70 bits per heavy atom. The first-order valence-corrected chi connectivity index (χ1v) is 6.95. The zero-order valence-corrected chi connectivity index (χ0v) is 11.8. The van der Waals surface area contributed by atoms with Gasteiger partial charge in [0.2, 0.25) is 0 Å². The molecule has 2 nitrogen and oxygen atoms in total. The molecule has 0 aliphatic carbocycles. The molecule has 0 radical (unpaired) electrons. The molecule has 2 aromatic rings. The van der Waals surface area contributed by atoms with Crippen LogP contribution in [0.4, 0.5) is 4.39 Å². The van der Waals surface area contributed by atoms with Crippen LogP contribution in [0, 0.1) is 5.82 Å². The average Bonchev–Trinajstić information content (AvgIpc) is 2.48. The van der Waals surface area contributed by atoms with Crippen LogP contribution in [-0.2, 0) is 6.54 Å². The van der Waals surface area contributed by atoms with Crippen LogP contribution in [0.2, 0.25) is 0 Å². The minimum Gasteiger partial charge on any atom is -0.329 e. The van der Waals surface area contributed by atoms with E-state index in [1.165, 1.54) is 11.6 Å². The van der Waals surface area contributed by atoms with E-state index in [9.17, 15) is 4.39 Å². The largest absolute Gasteiger partial charge is 0.329 e. The van der Waals surface area contributed by atoms with E-state index in [1.807, 2.05) is 37.3 Å². The molecule has 2 aromatic carbocycles. The highest BCUT2D eigenvalue weighted by Gasteiger charge is 2.18. The van der Waals surface area contributed by atoms with Crippen molar-refractivity contribution in [2.45, 2.75) is 19.5 Å². The third-order valence-electron chi connectivity index (χ3n) is 3.55. The van der Waals surface area contributed by atoms with Gasteiger partial charge in [0.05, 0.1) is 0 Å². The lowest BCUT2D eigenvalue weighted by atomic mass is 10.1. The Kier molecular flexibility index (Phi) is 5.27.